The van der Waals surface area contributed by atoms with Crippen LogP contribution < -0.4 is 15.4 Å². The molecule has 2 rings (SSSR count). The molecule has 0 bridgehead atoms. The summed E-state index contributed by atoms with van der Waals surface area (Å²) in [5.41, 5.74) is 1.72. The zero-order chi connectivity index (χ0) is 17.4. The van der Waals surface area contributed by atoms with Gasteiger partial charge in [-0.1, -0.05) is 30.3 Å². The Labute approximate surface area is 140 Å². The fraction of sp³-hybridized carbons (Fsp3) is 0.222. The summed E-state index contributed by atoms with van der Waals surface area (Å²) in [4.78, 5) is 23.6. The molecule has 24 heavy (non-hydrogen) atoms. The third-order valence-electron chi connectivity index (χ3n) is 3.32. The second kappa shape index (κ2) is 8.57. The molecule has 2 aromatic rings. The van der Waals surface area contributed by atoms with Crippen molar-refractivity contribution >= 4 is 17.7 Å². The molecule has 0 aliphatic rings. The standard InChI is InChI=1S/C18H20N2O4/c1-13-7-3-6-10-16(13)24-12-11-19-18(22)20-15-9-5-4-8-14(15)17(21)23-2/h3-10H,11-12H2,1-2H3,(H2,19,20,22). The van der Waals surface area contributed by atoms with Gasteiger partial charge in [-0.15, -0.1) is 0 Å². The highest BCUT2D eigenvalue weighted by molar-refractivity contribution is 6.00. The lowest BCUT2D eigenvalue weighted by Gasteiger charge is -2.12. The maximum atomic E-state index is 11.9. The van der Waals surface area contributed by atoms with E-state index in [1.807, 2.05) is 31.2 Å². The summed E-state index contributed by atoms with van der Waals surface area (Å²) in [5.74, 6) is 0.282. The summed E-state index contributed by atoms with van der Waals surface area (Å²) >= 11 is 0. The minimum Gasteiger partial charge on any atom is -0.491 e. The molecule has 0 fully saturated rings. The van der Waals surface area contributed by atoms with Gasteiger partial charge >= 0.3 is 12.0 Å². The highest BCUT2D eigenvalue weighted by Crippen LogP contribution is 2.16. The van der Waals surface area contributed by atoms with Crippen LogP contribution >= 0.6 is 0 Å². The largest absolute Gasteiger partial charge is 0.491 e. The average molecular weight is 328 g/mol. The van der Waals surface area contributed by atoms with E-state index in [2.05, 4.69) is 15.4 Å². The van der Waals surface area contributed by atoms with Gasteiger partial charge in [0.25, 0.3) is 0 Å². The Balaban J connectivity index is 1.82. The van der Waals surface area contributed by atoms with E-state index in [1.165, 1.54) is 7.11 Å². The summed E-state index contributed by atoms with van der Waals surface area (Å²) in [5, 5.41) is 5.31. The average Bonchev–Trinajstić information content (AvgIpc) is 2.60. The van der Waals surface area contributed by atoms with Crippen LogP contribution in [0.15, 0.2) is 48.5 Å². The van der Waals surface area contributed by atoms with E-state index < -0.39 is 12.0 Å². The number of esters is 1. The van der Waals surface area contributed by atoms with Crippen molar-refractivity contribution in [1.29, 1.82) is 0 Å². The van der Waals surface area contributed by atoms with Crippen LogP contribution in [0.3, 0.4) is 0 Å². The lowest BCUT2D eigenvalue weighted by molar-refractivity contribution is 0.0602. The molecule has 6 nitrogen and oxygen atoms in total. The molecule has 0 heterocycles. The van der Waals surface area contributed by atoms with E-state index in [-0.39, 0.29) is 0 Å². The Morgan fingerprint density at radius 2 is 1.75 bits per heavy atom. The Hall–Kier alpha value is -3.02. The van der Waals surface area contributed by atoms with Gasteiger partial charge in [0.05, 0.1) is 24.9 Å². The second-order valence-electron chi connectivity index (χ2n) is 5.03. The molecule has 0 saturated carbocycles. The summed E-state index contributed by atoms with van der Waals surface area (Å²) in [7, 11) is 1.29. The molecule has 0 unspecified atom stereocenters. The predicted octanol–water partition coefficient (Wildman–Crippen LogP) is 2.98. The molecule has 126 valence electrons. The summed E-state index contributed by atoms with van der Waals surface area (Å²) < 4.78 is 10.3. The van der Waals surface area contributed by atoms with Gasteiger partial charge in [0, 0.05) is 0 Å². The minimum absolute atomic E-state index is 0.298. The smallest absolute Gasteiger partial charge is 0.339 e. The van der Waals surface area contributed by atoms with Gasteiger partial charge in [0.2, 0.25) is 0 Å². The number of anilines is 1. The van der Waals surface area contributed by atoms with Gasteiger partial charge in [0.1, 0.15) is 12.4 Å². The number of carbonyl (C=O) groups is 2. The number of carbonyl (C=O) groups excluding carboxylic acids is 2. The second-order valence-corrected chi connectivity index (χ2v) is 5.03. The molecule has 0 aromatic heterocycles. The van der Waals surface area contributed by atoms with Crippen molar-refractivity contribution in [2.45, 2.75) is 6.92 Å². The summed E-state index contributed by atoms with van der Waals surface area (Å²) in [6, 6.07) is 13.9. The molecule has 2 aromatic carbocycles. The van der Waals surface area contributed by atoms with Gasteiger partial charge in [-0.3, -0.25) is 0 Å². The number of rotatable bonds is 6. The molecular formula is C18H20N2O4. The number of nitrogens with one attached hydrogen (secondary N) is 2. The van der Waals surface area contributed by atoms with Gasteiger partial charge in [0.15, 0.2) is 0 Å². The number of para-hydroxylation sites is 2. The first-order chi connectivity index (χ1) is 11.6. The Morgan fingerprint density at radius 3 is 2.50 bits per heavy atom. The van der Waals surface area contributed by atoms with Gasteiger partial charge < -0.3 is 20.1 Å². The molecule has 0 aliphatic carbocycles. The topological polar surface area (TPSA) is 76.7 Å². The van der Waals surface area contributed by atoms with E-state index in [4.69, 9.17) is 4.74 Å². The summed E-state index contributed by atoms with van der Waals surface area (Å²) in [6.07, 6.45) is 0. The number of hydrogen-bond acceptors (Lipinski definition) is 4. The fourth-order valence-electron chi connectivity index (χ4n) is 2.09. The van der Waals surface area contributed by atoms with Crippen molar-refractivity contribution in [3.8, 4) is 5.75 Å². The zero-order valence-electron chi connectivity index (χ0n) is 13.7. The number of ether oxygens (including phenoxy) is 2. The van der Waals surface area contributed by atoms with Gasteiger partial charge in [-0.2, -0.15) is 0 Å². The van der Waals surface area contributed by atoms with E-state index in [0.717, 1.165) is 11.3 Å². The Morgan fingerprint density at radius 1 is 1.04 bits per heavy atom. The van der Waals surface area contributed by atoms with E-state index in [1.54, 1.807) is 24.3 Å². The number of aryl methyl sites for hydroxylation is 1. The number of amides is 2. The Kier molecular flexibility index (Phi) is 6.19. The normalized spacial score (nSPS) is 9.92. The molecule has 2 N–H and O–H groups in total. The first kappa shape index (κ1) is 17.3. The van der Waals surface area contributed by atoms with Crippen LogP contribution in [0.25, 0.3) is 0 Å². The molecule has 0 aliphatic heterocycles. The maximum absolute atomic E-state index is 11.9. The predicted molar refractivity (Wildman–Crippen MR) is 91.5 cm³/mol. The van der Waals surface area contributed by atoms with Crippen molar-refractivity contribution < 1.29 is 19.1 Å². The number of urea groups is 1. The fourth-order valence-corrected chi connectivity index (χ4v) is 2.09. The van der Waals surface area contributed by atoms with E-state index >= 15 is 0 Å². The lowest BCUT2D eigenvalue weighted by atomic mass is 10.2. The third kappa shape index (κ3) is 4.74. The molecule has 0 atom stereocenters. The van der Waals surface area contributed by atoms with Crippen molar-refractivity contribution in [3.63, 3.8) is 0 Å². The van der Waals surface area contributed by atoms with Gasteiger partial charge in [-0.05, 0) is 30.7 Å². The van der Waals surface area contributed by atoms with Crippen LogP contribution in [0.5, 0.6) is 5.75 Å². The third-order valence-corrected chi connectivity index (χ3v) is 3.32. The highest BCUT2D eigenvalue weighted by atomic mass is 16.5. The van der Waals surface area contributed by atoms with Crippen LogP contribution in [0.1, 0.15) is 15.9 Å². The van der Waals surface area contributed by atoms with Crippen molar-refractivity contribution in [1.82, 2.24) is 5.32 Å². The molecule has 2 amide bonds. The molecule has 6 heteroatoms. The van der Waals surface area contributed by atoms with Crippen LogP contribution in [0.4, 0.5) is 10.5 Å². The van der Waals surface area contributed by atoms with Crippen LogP contribution in [0, 0.1) is 6.92 Å². The number of hydrogen-bond donors (Lipinski definition) is 2. The molecular weight excluding hydrogens is 308 g/mol. The molecule has 0 radical (unpaired) electrons. The quantitative estimate of drug-likeness (QED) is 0.631. The monoisotopic (exact) mass is 328 g/mol. The van der Waals surface area contributed by atoms with E-state index in [9.17, 15) is 9.59 Å². The zero-order valence-corrected chi connectivity index (χ0v) is 13.7. The van der Waals surface area contributed by atoms with Crippen LogP contribution in [-0.4, -0.2) is 32.3 Å². The van der Waals surface area contributed by atoms with E-state index in [0.29, 0.717) is 24.4 Å². The first-order valence-electron chi connectivity index (χ1n) is 7.52. The van der Waals surface area contributed by atoms with Crippen LogP contribution in [-0.2, 0) is 4.74 Å². The lowest BCUT2D eigenvalue weighted by Crippen LogP contribution is -2.32. The molecule has 0 saturated heterocycles. The highest BCUT2D eigenvalue weighted by Gasteiger charge is 2.12. The van der Waals surface area contributed by atoms with Crippen molar-refractivity contribution in [3.05, 3.63) is 59.7 Å². The number of benzene rings is 2. The van der Waals surface area contributed by atoms with Crippen molar-refractivity contribution in [2.24, 2.45) is 0 Å². The SMILES string of the molecule is COC(=O)c1ccccc1NC(=O)NCCOc1ccccc1C. The molecule has 0 spiro atoms. The number of methoxy groups -OCH3 is 1. The first-order valence-corrected chi connectivity index (χ1v) is 7.52. The van der Waals surface area contributed by atoms with Crippen molar-refractivity contribution in [2.75, 3.05) is 25.6 Å². The summed E-state index contributed by atoms with van der Waals surface area (Å²) in [6.45, 7) is 2.64. The van der Waals surface area contributed by atoms with Gasteiger partial charge in [-0.25, -0.2) is 9.59 Å². The minimum atomic E-state index is -0.506. The Bertz CT molecular complexity index is 716. The van der Waals surface area contributed by atoms with Crippen LogP contribution in [0.2, 0.25) is 0 Å². The maximum Gasteiger partial charge on any atom is 0.339 e.